The first kappa shape index (κ1) is 12.6. The van der Waals surface area contributed by atoms with E-state index in [9.17, 15) is 9.59 Å². The minimum atomic E-state index is -0.493. The van der Waals surface area contributed by atoms with Crippen molar-refractivity contribution in [3.05, 3.63) is 35.2 Å². The highest BCUT2D eigenvalue weighted by atomic mass is 32.1. The van der Waals surface area contributed by atoms with Gasteiger partial charge in [-0.05, 0) is 6.07 Å². The molecule has 0 bridgehead atoms. The maximum absolute atomic E-state index is 12.6. The lowest BCUT2D eigenvalue weighted by Crippen LogP contribution is -2.65. The molecule has 0 atom stereocenters. The van der Waals surface area contributed by atoms with Gasteiger partial charge in [-0.1, -0.05) is 18.2 Å². The van der Waals surface area contributed by atoms with Gasteiger partial charge >= 0.3 is 6.09 Å². The molecule has 2 aromatic rings. The zero-order valence-electron chi connectivity index (χ0n) is 11.5. The number of ether oxygens (including phenoxy) is 1. The smallest absolute Gasteiger partial charge is 0.410 e. The van der Waals surface area contributed by atoms with Crippen LogP contribution < -0.4 is 0 Å². The van der Waals surface area contributed by atoms with Gasteiger partial charge in [0.15, 0.2) is 5.60 Å². The van der Waals surface area contributed by atoms with E-state index in [1.807, 2.05) is 29.6 Å². The van der Waals surface area contributed by atoms with Crippen molar-refractivity contribution in [1.82, 2.24) is 9.80 Å². The summed E-state index contributed by atoms with van der Waals surface area (Å²) < 4.78 is 6.49. The average molecular weight is 302 g/mol. The second-order valence-electron chi connectivity index (χ2n) is 5.71. The lowest BCUT2D eigenvalue weighted by Gasteiger charge is -2.45. The van der Waals surface area contributed by atoms with Crippen LogP contribution in [-0.4, -0.2) is 54.1 Å². The summed E-state index contributed by atoms with van der Waals surface area (Å²) in [5.41, 5.74) is 0.246. The Morgan fingerprint density at radius 1 is 1.29 bits per heavy atom. The molecule has 2 saturated heterocycles. The molecule has 2 fully saturated rings. The van der Waals surface area contributed by atoms with Crippen LogP contribution in [0.1, 0.15) is 10.4 Å². The predicted molar refractivity (Wildman–Crippen MR) is 79.6 cm³/mol. The van der Waals surface area contributed by atoms with Crippen LogP contribution in [0.3, 0.4) is 0 Å². The Labute approximate surface area is 125 Å². The van der Waals surface area contributed by atoms with Gasteiger partial charge in [-0.2, -0.15) is 0 Å². The van der Waals surface area contributed by atoms with E-state index in [-0.39, 0.29) is 12.0 Å². The monoisotopic (exact) mass is 302 g/mol. The fourth-order valence-electron chi connectivity index (χ4n) is 3.06. The number of thiophene rings is 1. The summed E-state index contributed by atoms with van der Waals surface area (Å²) in [7, 11) is 1.72. The molecule has 108 valence electrons. The van der Waals surface area contributed by atoms with Crippen molar-refractivity contribution in [1.29, 1.82) is 0 Å². The van der Waals surface area contributed by atoms with Crippen LogP contribution in [0.2, 0.25) is 0 Å². The van der Waals surface area contributed by atoms with Crippen molar-refractivity contribution in [2.24, 2.45) is 0 Å². The molecule has 2 amide bonds. The molecule has 2 aliphatic heterocycles. The topological polar surface area (TPSA) is 49.9 Å². The van der Waals surface area contributed by atoms with E-state index in [1.165, 1.54) is 0 Å². The number of carbonyl (C=O) groups excluding carboxylic acids is 2. The molecule has 0 aliphatic carbocycles. The van der Waals surface area contributed by atoms with Crippen LogP contribution in [0, 0.1) is 0 Å². The highest BCUT2D eigenvalue weighted by molar-refractivity contribution is 7.17. The lowest BCUT2D eigenvalue weighted by atomic mass is 9.93. The number of rotatable bonds is 1. The number of likely N-dealkylation sites (tertiary alicyclic amines) is 1. The van der Waals surface area contributed by atoms with Gasteiger partial charge in [0.1, 0.15) is 0 Å². The molecule has 3 heterocycles. The highest BCUT2D eigenvalue weighted by Crippen LogP contribution is 2.34. The van der Waals surface area contributed by atoms with Gasteiger partial charge < -0.3 is 14.5 Å². The third-order valence-corrected chi connectivity index (χ3v) is 5.06. The van der Waals surface area contributed by atoms with Crippen molar-refractivity contribution in [3.8, 4) is 0 Å². The molecule has 4 rings (SSSR count). The molecule has 0 saturated carbocycles. The second kappa shape index (κ2) is 4.21. The zero-order chi connectivity index (χ0) is 14.6. The Hall–Kier alpha value is -2.08. The standard InChI is InChI=1S/C15H14N2O3S/c1-16-7-15(20-14(16)19)8-17(9-15)13(18)11-6-21-12-5-3-2-4-10(11)12/h2-6H,7-9H2,1H3. The summed E-state index contributed by atoms with van der Waals surface area (Å²) in [6, 6.07) is 7.90. The molecule has 1 aromatic carbocycles. The van der Waals surface area contributed by atoms with Gasteiger partial charge in [0.2, 0.25) is 0 Å². The van der Waals surface area contributed by atoms with E-state index in [0.717, 1.165) is 15.6 Å². The number of carbonyl (C=O) groups is 2. The van der Waals surface area contributed by atoms with E-state index >= 15 is 0 Å². The molecule has 2 aliphatic rings. The maximum Gasteiger partial charge on any atom is 0.410 e. The first-order valence-corrected chi connectivity index (χ1v) is 7.66. The van der Waals surface area contributed by atoms with E-state index < -0.39 is 5.60 Å². The van der Waals surface area contributed by atoms with Crippen molar-refractivity contribution >= 4 is 33.4 Å². The fraction of sp³-hybridized carbons (Fsp3) is 0.333. The zero-order valence-corrected chi connectivity index (χ0v) is 12.4. The third kappa shape index (κ3) is 1.82. The van der Waals surface area contributed by atoms with Crippen molar-refractivity contribution in [3.63, 3.8) is 0 Å². The predicted octanol–water partition coefficient (Wildman–Crippen LogP) is 2.18. The van der Waals surface area contributed by atoms with Crippen LogP contribution >= 0.6 is 11.3 Å². The highest BCUT2D eigenvalue weighted by Gasteiger charge is 2.54. The number of benzene rings is 1. The van der Waals surface area contributed by atoms with Gasteiger partial charge in [0, 0.05) is 22.5 Å². The Kier molecular flexibility index (Phi) is 2.53. The maximum atomic E-state index is 12.6. The second-order valence-corrected chi connectivity index (χ2v) is 6.63. The molecule has 6 heteroatoms. The summed E-state index contributed by atoms with van der Waals surface area (Å²) in [5, 5.41) is 2.90. The summed E-state index contributed by atoms with van der Waals surface area (Å²) in [6.07, 6.45) is -0.303. The molecule has 0 N–H and O–H groups in total. The Balaban J connectivity index is 1.54. The van der Waals surface area contributed by atoms with Crippen molar-refractivity contribution in [2.45, 2.75) is 5.60 Å². The first-order valence-electron chi connectivity index (χ1n) is 6.78. The summed E-state index contributed by atoms with van der Waals surface area (Å²) in [5.74, 6) is 0.0173. The molecule has 0 radical (unpaired) electrons. The quantitative estimate of drug-likeness (QED) is 0.811. The minimum Gasteiger partial charge on any atom is -0.437 e. The van der Waals surface area contributed by atoms with Gasteiger partial charge in [-0.3, -0.25) is 4.79 Å². The van der Waals surface area contributed by atoms with E-state index in [0.29, 0.717) is 19.6 Å². The fourth-order valence-corrected chi connectivity index (χ4v) is 4.00. The lowest BCUT2D eigenvalue weighted by molar-refractivity contribution is -0.0580. The van der Waals surface area contributed by atoms with Crippen LogP contribution in [-0.2, 0) is 4.74 Å². The summed E-state index contributed by atoms with van der Waals surface area (Å²) in [4.78, 5) is 27.4. The van der Waals surface area contributed by atoms with Crippen LogP contribution in [0.15, 0.2) is 29.6 Å². The number of fused-ring (bicyclic) bond motifs is 1. The number of hydrogen-bond acceptors (Lipinski definition) is 4. The van der Waals surface area contributed by atoms with Crippen LogP contribution in [0.25, 0.3) is 10.1 Å². The Morgan fingerprint density at radius 2 is 2.05 bits per heavy atom. The van der Waals surface area contributed by atoms with Crippen molar-refractivity contribution < 1.29 is 14.3 Å². The van der Waals surface area contributed by atoms with E-state index in [1.54, 1.807) is 28.2 Å². The van der Waals surface area contributed by atoms with Gasteiger partial charge in [-0.25, -0.2) is 4.79 Å². The number of hydrogen-bond donors (Lipinski definition) is 0. The first-order chi connectivity index (χ1) is 10.1. The molecule has 0 unspecified atom stereocenters. The summed E-state index contributed by atoms with van der Waals surface area (Å²) >= 11 is 1.58. The van der Waals surface area contributed by atoms with Gasteiger partial charge in [0.05, 0.1) is 25.2 Å². The minimum absolute atomic E-state index is 0.0173. The third-order valence-electron chi connectivity index (χ3n) is 4.10. The van der Waals surface area contributed by atoms with Gasteiger partial charge in [-0.15, -0.1) is 11.3 Å². The number of nitrogens with zero attached hydrogens (tertiary/aromatic N) is 2. The molecule has 5 nitrogen and oxygen atoms in total. The number of likely N-dealkylation sites (N-methyl/N-ethyl adjacent to an activating group) is 1. The molecular weight excluding hydrogens is 288 g/mol. The van der Waals surface area contributed by atoms with Crippen LogP contribution in [0.4, 0.5) is 4.79 Å². The normalized spacial score (nSPS) is 20.0. The molecule has 1 spiro atoms. The van der Waals surface area contributed by atoms with Crippen LogP contribution in [0.5, 0.6) is 0 Å². The molecular formula is C15H14N2O3S. The average Bonchev–Trinajstić information content (AvgIpc) is 2.98. The summed E-state index contributed by atoms with van der Waals surface area (Å²) in [6.45, 7) is 1.51. The number of amides is 2. The Morgan fingerprint density at radius 3 is 2.76 bits per heavy atom. The largest absolute Gasteiger partial charge is 0.437 e. The van der Waals surface area contributed by atoms with E-state index in [2.05, 4.69) is 0 Å². The molecule has 21 heavy (non-hydrogen) atoms. The SMILES string of the molecule is CN1CC2(CN(C(=O)c3csc4ccccc34)C2)OC1=O. The Bertz CT molecular complexity index is 748. The molecule has 1 aromatic heterocycles. The van der Waals surface area contributed by atoms with Gasteiger partial charge in [0.25, 0.3) is 5.91 Å². The van der Waals surface area contributed by atoms with E-state index in [4.69, 9.17) is 4.74 Å². The van der Waals surface area contributed by atoms with Crippen molar-refractivity contribution in [2.75, 3.05) is 26.7 Å².